The molecule has 6 aliphatic rings. The number of carbonyl (C=O) groups excluding carboxylic acids is 2. The molecule has 11 nitrogen and oxygen atoms in total. The third-order valence-corrected chi connectivity index (χ3v) is 13.9. The molecule has 1 aliphatic carbocycles. The summed E-state index contributed by atoms with van der Waals surface area (Å²) in [4.78, 5) is 31.6. The van der Waals surface area contributed by atoms with Crippen LogP contribution in [-0.2, 0) is 43.2 Å². The van der Waals surface area contributed by atoms with E-state index in [1.165, 1.54) is 11.3 Å². The summed E-state index contributed by atoms with van der Waals surface area (Å²) >= 11 is 0. The molecule has 0 radical (unpaired) electrons. The number of likely N-dealkylation sites (tertiary alicyclic amines) is 1. The molecule has 2 amide bonds. The van der Waals surface area contributed by atoms with E-state index in [0.29, 0.717) is 49.8 Å². The summed E-state index contributed by atoms with van der Waals surface area (Å²) < 4.78 is 39.6. The van der Waals surface area contributed by atoms with Gasteiger partial charge in [-0.1, -0.05) is 6.07 Å². The average molecular weight is 765 g/mol. The summed E-state index contributed by atoms with van der Waals surface area (Å²) in [7, 11) is 1.80. The molecule has 1 saturated heterocycles. The minimum absolute atomic E-state index is 0.000968. The molecular weight excluding hydrogens is 715 g/mol. The Balaban J connectivity index is 0.859. The summed E-state index contributed by atoms with van der Waals surface area (Å²) in [5, 5.41) is 12.6. The average Bonchev–Trinajstić information content (AvgIpc) is 4.00. The van der Waals surface area contributed by atoms with Crippen molar-refractivity contribution in [2.45, 2.75) is 95.7 Å². The highest BCUT2D eigenvalue weighted by molar-refractivity contribution is 5.99. The van der Waals surface area contributed by atoms with E-state index in [2.05, 4.69) is 31.0 Å². The fourth-order valence-corrected chi connectivity index (χ4v) is 10.7. The normalized spacial score (nSPS) is 22.8. The third kappa shape index (κ3) is 5.90. The van der Waals surface area contributed by atoms with Gasteiger partial charge in [0.15, 0.2) is 5.82 Å². The molecule has 1 saturated carbocycles. The highest BCUT2D eigenvalue weighted by Crippen LogP contribution is 2.49. The van der Waals surface area contributed by atoms with Gasteiger partial charge in [0.1, 0.15) is 5.75 Å². The molecular formula is C43H50F2N8O3. The molecule has 2 aromatic heterocycles. The second kappa shape index (κ2) is 13.7. The zero-order valence-corrected chi connectivity index (χ0v) is 32.3. The van der Waals surface area contributed by atoms with Crippen molar-refractivity contribution in [1.82, 2.24) is 34.7 Å². The van der Waals surface area contributed by atoms with Crippen LogP contribution in [0.2, 0.25) is 0 Å². The van der Waals surface area contributed by atoms with Crippen molar-refractivity contribution in [2.24, 2.45) is 13.0 Å². The van der Waals surface area contributed by atoms with Crippen molar-refractivity contribution in [1.29, 1.82) is 0 Å². The maximum absolute atomic E-state index is 14.7. The number of ether oxygens (including phenoxy) is 1. The van der Waals surface area contributed by atoms with Crippen molar-refractivity contribution in [3.63, 3.8) is 0 Å². The highest BCUT2D eigenvalue weighted by atomic mass is 19.3. The van der Waals surface area contributed by atoms with Gasteiger partial charge in [0, 0.05) is 103 Å². The van der Waals surface area contributed by atoms with E-state index < -0.39 is 6.43 Å². The number of aryl methyl sites for hydroxylation is 2. The number of alkyl halides is 2. The van der Waals surface area contributed by atoms with Gasteiger partial charge in [-0.3, -0.25) is 19.0 Å². The molecule has 13 heteroatoms. The molecule has 1 spiro atoms. The molecule has 7 heterocycles. The number of anilines is 2. The minimum atomic E-state index is -2.64. The van der Waals surface area contributed by atoms with Crippen LogP contribution >= 0.6 is 0 Å². The molecule has 5 aliphatic heterocycles. The quantitative estimate of drug-likeness (QED) is 0.236. The first-order chi connectivity index (χ1) is 27.2. The van der Waals surface area contributed by atoms with Crippen LogP contribution in [0.3, 0.4) is 0 Å². The molecule has 2 aromatic carbocycles. The van der Waals surface area contributed by atoms with Gasteiger partial charge in [0.05, 0.1) is 25.4 Å². The molecule has 294 valence electrons. The lowest BCUT2D eigenvalue weighted by atomic mass is 9.73. The smallest absolute Gasteiger partial charge is 0.264 e. The number of aromatic nitrogens is 4. The number of piperidine rings is 1. The number of hydrogen-bond donors (Lipinski definition) is 1. The maximum atomic E-state index is 14.7. The Morgan fingerprint density at radius 1 is 1.04 bits per heavy atom. The Labute approximate surface area is 326 Å². The Kier molecular flexibility index (Phi) is 8.72. The van der Waals surface area contributed by atoms with Gasteiger partial charge in [-0.25, -0.2) is 8.78 Å². The lowest BCUT2D eigenvalue weighted by molar-refractivity contribution is -0.129. The first-order valence-corrected chi connectivity index (χ1v) is 20.5. The van der Waals surface area contributed by atoms with E-state index in [0.717, 1.165) is 117 Å². The fourth-order valence-electron chi connectivity index (χ4n) is 10.7. The van der Waals surface area contributed by atoms with Gasteiger partial charge in [0.25, 0.3) is 12.3 Å². The monoisotopic (exact) mass is 764 g/mol. The van der Waals surface area contributed by atoms with E-state index in [1.807, 2.05) is 17.0 Å². The second-order valence-electron chi connectivity index (χ2n) is 17.1. The molecule has 4 aromatic rings. The van der Waals surface area contributed by atoms with Crippen LogP contribution in [0.1, 0.15) is 108 Å². The van der Waals surface area contributed by atoms with Gasteiger partial charge in [-0.05, 0) is 99.7 Å². The van der Waals surface area contributed by atoms with Gasteiger partial charge >= 0.3 is 0 Å². The van der Waals surface area contributed by atoms with E-state index >= 15 is 0 Å². The van der Waals surface area contributed by atoms with Crippen molar-refractivity contribution >= 4 is 23.3 Å². The summed E-state index contributed by atoms with van der Waals surface area (Å²) in [6.45, 7) is 7.92. The van der Waals surface area contributed by atoms with Gasteiger partial charge in [-0.2, -0.15) is 10.2 Å². The van der Waals surface area contributed by atoms with Gasteiger partial charge < -0.3 is 24.8 Å². The number of amides is 2. The predicted molar refractivity (Wildman–Crippen MR) is 207 cm³/mol. The Hall–Kier alpha value is -4.78. The van der Waals surface area contributed by atoms with Gasteiger partial charge in [-0.15, -0.1) is 0 Å². The first-order valence-electron chi connectivity index (χ1n) is 20.5. The largest absolute Gasteiger partial charge is 0.492 e. The highest BCUT2D eigenvalue weighted by Gasteiger charge is 2.45. The molecule has 10 rings (SSSR count). The summed E-state index contributed by atoms with van der Waals surface area (Å²) in [6, 6.07) is 8.01. The van der Waals surface area contributed by atoms with Crippen LogP contribution in [0.4, 0.5) is 20.3 Å². The van der Waals surface area contributed by atoms with E-state index in [1.54, 1.807) is 37.1 Å². The summed E-state index contributed by atoms with van der Waals surface area (Å²) in [5.74, 6) is 2.43. The zero-order chi connectivity index (χ0) is 38.3. The van der Waals surface area contributed by atoms with E-state index in [4.69, 9.17) is 9.84 Å². The van der Waals surface area contributed by atoms with Crippen molar-refractivity contribution in [3.05, 3.63) is 75.7 Å². The van der Waals surface area contributed by atoms with E-state index in [-0.39, 0.29) is 28.8 Å². The standard InChI is InChI=1S/C43H50F2N8O3/c1-26(54)51-15-11-37-35(24-51)41(52-14-3-4-28-18-32(29-20-47-49(2)23-29)33(40(44)45)19-38(28)52)48-53(37)30-7-5-27(6-8-30)22-50-16-12-43(13-17-50)25-56-39-34-21-46-42(55)31(34)9-10-36(39)43/h9-10,18-20,23,27,30,40H,3-8,11-17,21-22,24-25H2,1-2H3,(H,46,55). The number of hydrogen-bond acceptors (Lipinski definition) is 7. The predicted octanol–water partition coefficient (Wildman–Crippen LogP) is 6.61. The zero-order valence-electron chi connectivity index (χ0n) is 32.3. The van der Waals surface area contributed by atoms with E-state index in [9.17, 15) is 18.4 Å². The number of fused-ring (bicyclic) bond motifs is 6. The number of carbonyl (C=O) groups is 2. The minimum Gasteiger partial charge on any atom is -0.492 e. The Morgan fingerprint density at radius 3 is 2.61 bits per heavy atom. The Bertz CT molecular complexity index is 2210. The lowest BCUT2D eigenvalue weighted by Gasteiger charge is -2.41. The maximum Gasteiger partial charge on any atom is 0.264 e. The van der Waals surface area contributed by atoms with Crippen LogP contribution in [0.5, 0.6) is 5.75 Å². The fraction of sp³-hybridized carbons (Fsp3) is 0.535. The summed E-state index contributed by atoms with van der Waals surface area (Å²) in [5.41, 5.74) is 8.42. The Morgan fingerprint density at radius 2 is 1.86 bits per heavy atom. The molecule has 0 atom stereocenters. The summed E-state index contributed by atoms with van der Waals surface area (Å²) in [6.07, 6.45) is 9.73. The SMILES string of the molecule is CC(=O)N1CCc2c(c(N3CCCc4cc(-c5cnn(C)c5)c(C(F)F)cc43)nn2C2CCC(CN3CCC4(CC3)COc3c4ccc4c3CNC4=O)CC2)C1. The molecule has 0 unspecified atom stereocenters. The molecule has 1 N–H and O–H groups in total. The number of rotatable bonds is 6. The number of benzene rings is 2. The van der Waals surface area contributed by atoms with Crippen LogP contribution < -0.4 is 15.0 Å². The number of nitrogens with zero attached hydrogens (tertiary/aromatic N) is 7. The molecule has 0 bridgehead atoms. The van der Waals surface area contributed by atoms with Crippen molar-refractivity contribution in [3.8, 4) is 16.9 Å². The number of nitrogens with one attached hydrogen (secondary N) is 1. The van der Waals surface area contributed by atoms with Crippen molar-refractivity contribution < 1.29 is 23.1 Å². The van der Waals surface area contributed by atoms with Gasteiger partial charge in [0.2, 0.25) is 5.91 Å². The first kappa shape index (κ1) is 35.6. The second-order valence-corrected chi connectivity index (χ2v) is 17.1. The van der Waals surface area contributed by atoms with Crippen LogP contribution in [0.15, 0.2) is 36.7 Å². The number of halogens is 2. The molecule has 56 heavy (non-hydrogen) atoms. The van der Waals surface area contributed by atoms with Crippen LogP contribution in [0.25, 0.3) is 11.1 Å². The topological polar surface area (TPSA) is 101 Å². The van der Waals surface area contributed by atoms with Crippen molar-refractivity contribution in [2.75, 3.05) is 44.2 Å². The third-order valence-electron chi connectivity index (χ3n) is 13.9. The lowest BCUT2D eigenvalue weighted by Crippen LogP contribution is -2.45. The molecule has 2 fully saturated rings. The van der Waals surface area contributed by atoms with Crippen LogP contribution in [-0.4, -0.2) is 80.5 Å². The van der Waals surface area contributed by atoms with Crippen LogP contribution in [0, 0.1) is 5.92 Å².